The van der Waals surface area contributed by atoms with Crippen LogP contribution < -0.4 is 4.24 Å². The van der Waals surface area contributed by atoms with Crippen LogP contribution in [-0.4, -0.2) is 107 Å². The number of halogens is 5. The van der Waals surface area contributed by atoms with E-state index in [0.717, 1.165) is 17.7 Å². The second kappa shape index (κ2) is 19.6. The molecule has 12 N–H and O–H groups in total. The van der Waals surface area contributed by atoms with Gasteiger partial charge in [0, 0.05) is 0 Å². The van der Waals surface area contributed by atoms with Gasteiger partial charge in [-0.3, -0.25) is 0 Å². The number of hydrogen-bond donors (Lipinski definition) is 12. The molecule has 0 unspecified atom stereocenters. The van der Waals surface area contributed by atoms with Gasteiger partial charge in [0.1, 0.15) is 0 Å². The van der Waals surface area contributed by atoms with Gasteiger partial charge in [-0.1, -0.05) is 0 Å². The molecule has 28 heavy (non-hydrogen) atoms. The first-order valence-corrected chi connectivity index (χ1v) is 6.04. The van der Waals surface area contributed by atoms with Gasteiger partial charge in [0.2, 0.25) is 0 Å². The second-order valence-electron chi connectivity index (χ2n) is 3.58. The zero-order valence-corrected chi connectivity index (χ0v) is 13.6. The van der Waals surface area contributed by atoms with Crippen LogP contribution in [0.1, 0.15) is 0 Å². The third kappa shape index (κ3) is 27.5. The Labute approximate surface area is 163 Å². The molecule has 1 rings (SSSR count). The molecule has 22 heteroatoms. The summed E-state index contributed by atoms with van der Waals surface area (Å²) in [5.74, 6) is -9.52. The van der Waals surface area contributed by atoms with E-state index in [9.17, 15) is 22.0 Å². The fraction of sp³-hybridized carbons (Fsp3) is 0. The van der Waals surface area contributed by atoms with Crippen LogP contribution in [0.2, 0.25) is 0 Å². The third-order valence-corrected chi connectivity index (χ3v) is 1.43. The Morgan fingerprint density at radius 3 is 0.643 bits per heavy atom. The van der Waals surface area contributed by atoms with E-state index >= 15 is 0 Å². The molecule has 0 radical (unpaired) electrons. The van der Waals surface area contributed by atoms with Gasteiger partial charge < -0.3 is 60.3 Å². The predicted octanol–water partition coefficient (Wildman–Crippen LogP) is -7.03. The number of hydrogen-bond acceptors (Lipinski definition) is 12. The average Bonchev–Trinajstić information content (AvgIpc) is 2.47. The van der Waals surface area contributed by atoms with Crippen LogP contribution in [0.3, 0.4) is 0 Å². The van der Waals surface area contributed by atoms with E-state index in [-0.39, 0.29) is 0 Å². The van der Waals surface area contributed by atoms with Crippen LogP contribution in [-0.2, 0) is 0 Å². The quantitative estimate of drug-likeness (QED) is 0.0809. The monoisotopic (exact) mass is 422 g/mol. The van der Waals surface area contributed by atoms with E-state index in [1.807, 2.05) is 0 Å². The van der Waals surface area contributed by atoms with Crippen LogP contribution in [0.15, 0.2) is 0 Å². The summed E-state index contributed by atoms with van der Waals surface area (Å²) in [6.07, 6.45) is 0. The van der Waals surface area contributed by atoms with Crippen LogP contribution >= 0.6 is 0 Å². The first-order valence-electron chi connectivity index (χ1n) is 6.04. The maximum absolute atomic E-state index is 12.4. The van der Waals surface area contributed by atoms with Gasteiger partial charge in [0.25, 0.3) is 0 Å². The van der Waals surface area contributed by atoms with E-state index < -0.39 is 62.6 Å². The van der Waals surface area contributed by atoms with Crippen LogP contribution in [0.5, 0.6) is 0 Å². The third-order valence-electron chi connectivity index (χ3n) is 1.43. The van der Waals surface area contributed by atoms with Crippen molar-refractivity contribution < 1.29 is 82.2 Å². The van der Waals surface area contributed by atoms with E-state index in [1.54, 1.807) is 0 Å². The standard InChI is InChI=1S/C6F5.4BH3O3.Li/c7-2-1-3(8)5(10)6(11)4(2)9;4*2-1(3)4;/h;4*2-4H;. The van der Waals surface area contributed by atoms with Crippen molar-refractivity contribution >= 4 is 51.2 Å². The molecule has 0 saturated heterocycles. The van der Waals surface area contributed by atoms with E-state index in [2.05, 4.69) is 0 Å². The SMILES string of the molecule is OB(O)O.OB(O)O.OB(O)O.OB(O)O.[Li][c]1c(F)c(F)c(F)c(F)c1F. The summed E-state index contributed by atoms with van der Waals surface area (Å²) < 4.78 is 60.7. The molecule has 0 spiro atoms. The van der Waals surface area contributed by atoms with E-state index in [0.29, 0.717) is 0 Å². The molecule has 1 aromatic rings. The molecule has 0 fully saturated rings. The van der Waals surface area contributed by atoms with Crippen molar-refractivity contribution in [2.75, 3.05) is 0 Å². The summed E-state index contributed by atoms with van der Waals surface area (Å²) in [6, 6.07) is 0. The molecule has 0 aliphatic carbocycles. The molecular formula is C6H12B4F5LiO12. The minimum atomic E-state index is -2.17. The molecular weight excluding hydrogens is 409 g/mol. The topological polar surface area (TPSA) is 243 Å². The first-order chi connectivity index (χ1) is 12.4. The molecule has 0 atom stereocenters. The van der Waals surface area contributed by atoms with Crippen molar-refractivity contribution in [3.05, 3.63) is 29.1 Å². The predicted molar refractivity (Wildman–Crippen MR) is 81.3 cm³/mol. The molecule has 1 aromatic carbocycles. The molecule has 156 valence electrons. The van der Waals surface area contributed by atoms with Crippen molar-refractivity contribution in [1.82, 2.24) is 0 Å². The fourth-order valence-corrected chi connectivity index (χ4v) is 0.715. The Kier molecular flexibility index (Phi) is 24.3. The summed E-state index contributed by atoms with van der Waals surface area (Å²) in [7, 11) is -8.67. The molecule has 0 amide bonds. The molecule has 12 nitrogen and oxygen atoms in total. The van der Waals surface area contributed by atoms with Gasteiger partial charge in [0.05, 0.1) is 0 Å². The van der Waals surface area contributed by atoms with Crippen molar-refractivity contribution in [3.63, 3.8) is 0 Å². The van der Waals surface area contributed by atoms with Gasteiger partial charge in [-0.25, -0.2) is 0 Å². The minimum absolute atomic E-state index is 0.816. The summed E-state index contributed by atoms with van der Waals surface area (Å²) in [4.78, 5) is 0. The van der Waals surface area contributed by atoms with Crippen LogP contribution in [0.25, 0.3) is 0 Å². The zero-order chi connectivity index (χ0) is 23.8. The molecule has 0 heterocycles. The fourth-order valence-electron chi connectivity index (χ4n) is 0.715. The number of benzene rings is 1. The second-order valence-corrected chi connectivity index (χ2v) is 3.58. The Morgan fingerprint density at radius 1 is 0.393 bits per heavy atom. The van der Waals surface area contributed by atoms with Crippen molar-refractivity contribution in [3.8, 4) is 0 Å². The summed E-state index contributed by atoms with van der Waals surface area (Å²) in [6.45, 7) is 0. The van der Waals surface area contributed by atoms with Gasteiger partial charge in [-0.15, -0.1) is 0 Å². The summed E-state index contributed by atoms with van der Waals surface area (Å²) in [5, 5.41) is 86.0. The van der Waals surface area contributed by atoms with Crippen molar-refractivity contribution in [2.45, 2.75) is 0 Å². The van der Waals surface area contributed by atoms with Crippen molar-refractivity contribution in [2.24, 2.45) is 0 Å². The van der Waals surface area contributed by atoms with Gasteiger partial charge in [-0.2, -0.15) is 0 Å². The molecule has 0 aliphatic heterocycles. The normalized spacial score (nSPS) is 8.39. The zero-order valence-electron chi connectivity index (χ0n) is 13.6. The molecule has 0 aliphatic rings. The van der Waals surface area contributed by atoms with Gasteiger partial charge in [0.15, 0.2) is 0 Å². The summed E-state index contributed by atoms with van der Waals surface area (Å²) >= 11 is 0.816. The maximum atomic E-state index is 12.4. The van der Waals surface area contributed by atoms with E-state index in [1.165, 1.54) is 0 Å². The Balaban J connectivity index is -0.000000150. The van der Waals surface area contributed by atoms with Crippen LogP contribution in [0, 0.1) is 29.1 Å². The Morgan fingerprint density at radius 2 is 0.500 bits per heavy atom. The Bertz CT molecular complexity index is 390. The molecule has 0 bridgehead atoms. The number of rotatable bonds is 0. The summed E-state index contributed by atoms with van der Waals surface area (Å²) in [5.41, 5.74) is 0. The molecule has 0 aromatic heterocycles. The van der Waals surface area contributed by atoms with E-state index in [4.69, 9.17) is 60.3 Å². The van der Waals surface area contributed by atoms with Gasteiger partial charge >= 0.3 is 102 Å². The first kappa shape index (κ1) is 34.7. The molecule has 0 saturated carbocycles. The Hall–Kier alpha value is -0.753. The van der Waals surface area contributed by atoms with Crippen molar-refractivity contribution in [1.29, 1.82) is 0 Å². The van der Waals surface area contributed by atoms with Gasteiger partial charge in [-0.05, 0) is 0 Å². The average molecular weight is 421 g/mol. The van der Waals surface area contributed by atoms with Crippen LogP contribution in [0.4, 0.5) is 22.0 Å².